The third-order valence-corrected chi connectivity index (χ3v) is 4.26. The van der Waals surface area contributed by atoms with Crippen LogP contribution >= 0.6 is 34.8 Å². The van der Waals surface area contributed by atoms with Crippen molar-refractivity contribution in [1.82, 2.24) is 0 Å². The van der Waals surface area contributed by atoms with Crippen LogP contribution < -0.4 is 10.1 Å². The normalized spacial score (nSPS) is 10.4. The molecule has 1 amide bonds. The van der Waals surface area contributed by atoms with Crippen LogP contribution in [0.1, 0.15) is 0 Å². The van der Waals surface area contributed by atoms with E-state index in [0.29, 0.717) is 26.5 Å². The predicted molar refractivity (Wildman–Crippen MR) is 103 cm³/mol. The average Bonchev–Trinajstić information content (AvgIpc) is 2.58. The summed E-state index contributed by atoms with van der Waals surface area (Å²) < 4.78 is 5.25. The summed E-state index contributed by atoms with van der Waals surface area (Å²) in [6, 6.07) is 19.5. The van der Waals surface area contributed by atoms with Gasteiger partial charge in [-0.15, -0.1) is 0 Å². The Morgan fingerprint density at radius 3 is 2.28 bits per heavy atom. The molecule has 0 saturated carbocycles. The molecule has 0 aliphatic rings. The van der Waals surface area contributed by atoms with E-state index in [0.717, 1.165) is 11.1 Å². The first kappa shape index (κ1) is 17.6. The van der Waals surface area contributed by atoms with Gasteiger partial charge >= 0.3 is 6.09 Å². The number of anilines is 1. The Hall–Kier alpha value is -2.20. The van der Waals surface area contributed by atoms with E-state index >= 15 is 0 Å². The third kappa shape index (κ3) is 4.45. The highest BCUT2D eigenvalue weighted by atomic mass is 35.5. The van der Waals surface area contributed by atoms with Gasteiger partial charge in [0.15, 0.2) is 0 Å². The summed E-state index contributed by atoms with van der Waals surface area (Å²) in [5, 5.41) is 3.84. The number of hydrogen-bond donors (Lipinski definition) is 1. The number of carbonyl (C=O) groups excluding carboxylic acids is 1. The standard InChI is InChI=1S/C19H12Cl3NO2/c20-13-6-9-18(17(22)10-13)23-19(24)25-14-7-8-15(16(21)11-14)12-4-2-1-3-5-12/h1-11H,(H,23,24). The van der Waals surface area contributed by atoms with E-state index in [1.807, 2.05) is 30.3 Å². The van der Waals surface area contributed by atoms with E-state index in [4.69, 9.17) is 39.5 Å². The highest BCUT2D eigenvalue weighted by Gasteiger charge is 2.10. The molecule has 0 saturated heterocycles. The molecule has 1 N–H and O–H groups in total. The molecule has 0 heterocycles. The molecule has 126 valence electrons. The molecular formula is C19H12Cl3NO2. The summed E-state index contributed by atoms with van der Waals surface area (Å²) in [5.74, 6) is 0.326. The van der Waals surface area contributed by atoms with Gasteiger partial charge in [-0.1, -0.05) is 65.1 Å². The zero-order valence-corrected chi connectivity index (χ0v) is 15.1. The van der Waals surface area contributed by atoms with Gasteiger partial charge in [0, 0.05) is 16.7 Å². The molecule has 0 aromatic heterocycles. The van der Waals surface area contributed by atoms with Crippen molar-refractivity contribution in [1.29, 1.82) is 0 Å². The van der Waals surface area contributed by atoms with E-state index in [-0.39, 0.29) is 0 Å². The van der Waals surface area contributed by atoms with Crippen molar-refractivity contribution in [2.24, 2.45) is 0 Å². The number of halogens is 3. The molecular weight excluding hydrogens is 381 g/mol. The van der Waals surface area contributed by atoms with Gasteiger partial charge in [-0.05, 0) is 35.9 Å². The van der Waals surface area contributed by atoms with Crippen molar-refractivity contribution in [3.05, 3.63) is 81.8 Å². The van der Waals surface area contributed by atoms with Gasteiger partial charge in [0.2, 0.25) is 0 Å². The molecule has 0 aliphatic heterocycles. The number of ether oxygens (including phenoxy) is 1. The lowest BCUT2D eigenvalue weighted by molar-refractivity contribution is 0.215. The van der Waals surface area contributed by atoms with Crippen LogP contribution in [-0.2, 0) is 0 Å². The molecule has 25 heavy (non-hydrogen) atoms. The summed E-state index contributed by atoms with van der Waals surface area (Å²) in [6.07, 6.45) is -0.673. The van der Waals surface area contributed by atoms with Crippen LogP contribution in [0.4, 0.5) is 10.5 Å². The quantitative estimate of drug-likeness (QED) is 0.525. The fourth-order valence-corrected chi connectivity index (χ4v) is 2.98. The van der Waals surface area contributed by atoms with Crippen molar-refractivity contribution in [3.8, 4) is 16.9 Å². The monoisotopic (exact) mass is 391 g/mol. The first-order valence-electron chi connectivity index (χ1n) is 7.32. The van der Waals surface area contributed by atoms with Crippen LogP contribution in [0.15, 0.2) is 66.7 Å². The summed E-state index contributed by atoms with van der Waals surface area (Å²) in [7, 11) is 0. The Morgan fingerprint density at radius 2 is 1.60 bits per heavy atom. The SMILES string of the molecule is O=C(Nc1ccc(Cl)cc1Cl)Oc1ccc(-c2ccccc2)c(Cl)c1. The smallest absolute Gasteiger partial charge is 0.410 e. The van der Waals surface area contributed by atoms with Crippen molar-refractivity contribution >= 4 is 46.6 Å². The molecule has 0 fully saturated rings. The molecule has 3 nitrogen and oxygen atoms in total. The van der Waals surface area contributed by atoms with Gasteiger partial charge in [0.1, 0.15) is 5.75 Å². The lowest BCUT2D eigenvalue weighted by Gasteiger charge is -2.10. The Bertz CT molecular complexity index is 914. The average molecular weight is 393 g/mol. The van der Waals surface area contributed by atoms with Gasteiger partial charge in [-0.25, -0.2) is 4.79 Å². The Morgan fingerprint density at radius 1 is 0.840 bits per heavy atom. The van der Waals surface area contributed by atoms with Crippen LogP contribution in [-0.4, -0.2) is 6.09 Å². The van der Waals surface area contributed by atoms with Crippen molar-refractivity contribution in [2.45, 2.75) is 0 Å². The molecule has 0 radical (unpaired) electrons. The largest absolute Gasteiger partial charge is 0.417 e. The summed E-state index contributed by atoms with van der Waals surface area (Å²) in [6.45, 7) is 0. The molecule has 3 aromatic rings. The van der Waals surface area contributed by atoms with Crippen LogP contribution in [0.5, 0.6) is 5.75 Å². The van der Waals surface area contributed by atoms with E-state index < -0.39 is 6.09 Å². The van der Waals surface area contributed by atoms with Crippen LogP contribution in [0, 0.1) is 0 Å². The third-order valence-electron chi connectivity index (χ3n) is 3.40. The second-order valence-electron chi connectivity index (χ2n) is 5.15. The van der Waals surface area contributed by atoms with Gasteiger partial charge in [-0.2, -0.15) is 0 Å². The zero-order chi connectivity index (χ0) is 17.8. The highest BCUT2D eigenvalue weighted by Crippen LogP contribution is 2.31. The van der Waals surface area contributed by atoms with Gasteiger partial charge < -0.3 is 4.74 Å². The number of hydrogen-bond acceptors (Lipinski definition) is 2. The summed E-state index contributed by atoms with van der Waals surface area (Å²) in [5.41, 5.74) is 2.25. The number of carbonyl (C=O) groups is 1. The van der Waals surface area contributed by atoms with E-state index in [9.17, 15) is 4.79 Å². The maximum atomic E-state index is 12.0. The fourth-order valence-electron chi connectivity index (χ4n) is 2.24. The Labute approximate surface area is 160 Å². The predicted octanol–water partition coefficient (Wildman–Crippen LogP) is 6.92. The molecule has 0 bridgehead atoms. The molecule has 6 heteroatoms. The Balaban J connectivity index is 1.72. The molecule has 0 spiro atoms. The second-order valence-corrected chi connectivity index (χ2v) is 6.40. The highest BCUT2D eigenvalue weighted by molar-refractivity contribution is 6.36. The van der Waals surface area contributed by atoms with E-state index in [1.165, 1.54) is 6.07 Å². The molecule has 0 atom stereocenters. The first-order valence-corrected chi connectivity index (χ1v) is 8.45. The van der Waals surface area contributed by atoms with Crippen molar-refractivity contribution < 1.29 is 9.53 Å². The maximum absolute atomic E-state index is 12.0. The van der Waals surface area contributed by atoms with E-state index in [1.54, 1.807) is 30.3 Å². The van der Waals surface area contributed by atoms with Crippen LogP contribution in [0.25, 0.3) is 11.1 Å². The van der Waals surface area contributed by atoms with Crippen molar-refractivity contribution in [2.75, 3.05) is 5.32 Å². The fraction of sp³-hybridized carbons (Fsp3) is 0. The second kappa shape index (κ2) is 7.79. The van der Waals surface area contributed by atoms with Gasteiger partial charge in [-0.3, -0.25) is 5.32 Å². The molecule has 3 rings (SSSR count). The molecule has 0 aliphatic carbocycles. The first-order chi connectivity index (χ1) is 12.0. The summed E-state index contributed by atoms with van der Waals surface area (Å²) in [4.78, 5) is 12.0. The number of benzene rings is 3. The molecule has 0 unspecified atom stereocenters. The molecule has 3 aromatic carbocycles. The Kier molecular flexibility index (Phi) is 5.49. The van der Waals surface area contributed by atoms with Crippen molar-refractivity contribution in [3.63, 3.8) is 0 Å². The lowest BCUT2D eigenvalue weighted by atomic mass is 10.1. The minimum Gasteiger partial charge on any atom is -0.410 e. The minimum atomic E-state index is -0.673. The lowest BCUT2D eigenvalue weighted by Crippen LogP contribution is -2.16. The van der Waals surface area contributed by atoms with Gasteiger partial charge in [0.05, 0.1) is 15.7 Å². The number of nitrogens with one attached hydrogen (secondary N) is 1. The summed E-state index contributed by atoms with van der Waals surface area (Å²) >= 11 is 18.1. The zero-order valence-electron chi connectivity index (χ0n) is 12.8. The number of rotatable bonds is 3. The minimum absolute atomic E-state index is 0.321. The number of amides is 1. The van der Waals surface area contributed by atoms with Crippen LogP contribution in [0.3, 0.4) is 0 Å². The maximum Gasteiger partial charge on any atom is 0.417 e. The van der Waals surface area contributed by atoms with Crippen LogP contribution in [0.2, 0.25) is 15.1 Å². The van der Waals surface area contributed by atoms with E-state index in [2.05, 4.69) is 5.32 Å². The topological polar surface area (TPSA) is 38.3 Å². The van der Waals surface area contributed by atoms with Gasteiger partial charge in [0.25, 0.3) is 0 Å².